The fraction of sp³-hybridized carbons (Fsp3) is 0.450. The highest BCUT2D eigenvalue weighted by Crippen LogP contribution is 2.33. The SMILES string of the molecule is Cc1csc(C(=O)CCc2ccccc2)c1OC(C)N1CCCC1. The Bertz CT molecular complexity index is 674. The standard InChI is InChI=1S/C20H25NO2S/c1-15-14-24-20(18(22)11-10-17-8-4-3-5-9-17)19(15)23-16(2)21-12-6-7-13-21/h3-5,8-9,14,16H,6-7,10-13H2,1-2H3. The van der Waals surface area contributed by atoms with Gasteiger partial charge in [0.05, 0.1) is 0 Å². The summed E-state index contributed by atoms with van der Waals surface area (Å²) in [5.41, 5.74) is 2.26. The number of ether oxygens (including phenoxy) is 1. The van der Waals surface area contributed by atoms with Crippen LogP contribution in [0.1, 0.15) is 47.0 Å². The smallest absolute Gasteiger partial charge is 0.176 e. The fourth-order valence-corrected chi connectivity index (χ4v) is 4.09. The second-order valence-corrected chi connectivity index (χ2v) is 7.33. The van der Waals surface area contributed by atoms with Crippen LogP contribution in [0.4, 0.5) is 0 Å². The van der Waals surface area contributed by atoms with Crippen LogP contribution < -0.4 is 4.74 Å². The average molecular weight is 343 g/mol. The molecule has 0 aliphatic carbocycles. The van der Waals surface area contributed by atoms with E-state index in [9.17, 15) is 4.79 Å². The zero-order valence-electron chi connectivity index (χ0n) is 14.5. The van der Waals surface area contributed by atoms with Gasteiger partial charge in [0.2, 0.25) is 0 Å². The molecule has 1 saturated heterocycles. The first kappa shape index (κ1) is 17.2. The van der Waals surface area contributed by atoms with Crippen LogP contribution in [-0.2, 0) is 6.42 Å². The molecule has 0 spiro atoms. The molecule has 1 atom stereocenters. The van der Waals surface area contributed by atoms with Crippen molar-refractivity contribution < 1.29 is 9.53 Å². The molecule has 1 aromatic carbocycles. The van der Waals surface area contributed by atoms with Crippen LogP contribution in [-0.4, -0.2) is 30.0 Å². The van der Waals surface area contributed by atoms with Crippen LogP contribution >= 0.6 is 11.3 Å². The van der Waals surface area contributed by atoms with Crippen molar-refractivity contribution in [3.8, 4) is 5.75 Å². The quantitative estimate of drug-likeness (QED) is 0.683. The van der Waals surface area contributed by atoms with E-state index in [0.29, 0.717) is 6.42 Å². The van der Waals surface area contributed by atoms with Crippen molar-refractivity contribution in [3.63, 3.8) is 0 Å². The molecule has 24 heavy (non-hydrogen) atoms. The number of hydrogen-bond acceptors (Lipinski definition) is 4. The maximum Gasteiger partial charge on any atom is 0.176 e. The first-order valence-electron chi connectivity index (χ1n) is 8.71. The number of ketones is 1. The Morgan fingerprint density at radius 3 is 2.67 bits per heavy atom. The predicted molar refractivity (Wildman–Crippen MR) is 99.0 cm³/mol. The number of hydrogen-bond donors (Lipinski definition) is 0. The van der Waals surface area contributed by atoms with Gasteiger partial charge in [-0.25, -0.2) is 0 Å². The molecule has 1 unspecified atom stereocenters. The van der Waals surface area contributed by atoms with Crippen LogP contribution in [0, 0.1) is 6.92 Å². The molecule has 2 heterocycles. The Morgan fingerprint density at radius 1 is 1.25 bits per heavy atom. The van der Waals surface area contributed by atoms with E-state index in [-0.39, 0.29) is 12.0 Å². The van der Waals surface area contributed by atoms with E-state index in [1.54, 1.807) is 0 Å². The van der Waals surface area contributed by atoms with E-state index in [2.05, 4.69) is 24.0 Å². The van der Waals surface area contributed by atoms with Crippen molar-refractivity contribution in [1.82, 2.24) is 4.90 Å². The van der Waals surface area contributed by atoms with E-state index in [4.69, 9.17) is 4.74 Å². The summed E-state index contributed by atoms with van der Waals surface area (Å²) in [6, 6.07) is 10.2. The van der Waals surface area contributed by atoms with E-state index < -0.39 is 0 Å². The van der Waals surface area contributed by atoms with Gasteiger partial charge in [0.25, 0.3) is 0 Å². The van der Waals surface area contributed by atoms with Crippen molar-refractivity contribution >= 4 is 17.1 Å². The van der Waals surface area contributed by atoms with Gasteiger partial charge in [0.15, 0.2) is 5.78 Å². The summed E-state index contributed by atoms with van der Waals surface area (Å²) in [6.07, 6.45) is 3.80. The molecule has 1 fully saturated rings. The van der Waals surface area contributed by atoms with Crippen molar-refractivity contribution in [1.29, 1.82) is 0 Å². The van der Waals surface area contributed by atoms with Crippen LogP contribution in [0.3, 0.4) is 0 Å². The molecule has 0 amide bonds. The third kappa shape index (κ3) is 4.05. The van der Waals surface area contributed by atoms with E-state index >= 15 is 0 Å². The topological polar surface area (TPSA) is 29.5 Å². The summed E-state index contributed by atoms with van der Waals surface area (Å²) in [5.74, 6) is 0.970. The second kappa shape index (κ2) is 7.95. The van der Waals surface area contributed by atoms with Gasteiger partial charge < -0.3 is 4.74 Å². The van der Waals surface area contributed by atoms with Gasteiger partial charge in [-0.1, -0.05) is 30.3 Å². The molecule has 3 nitrogen and oxygen atoms in total. The number of benzene rings is 1. The Balaban J connectivity index is 1.66. The third-order valence-corrected chi connectivity index (χ3v) is 5.72. The highest BCUT2D eigenvalue weighted by Gasteiger charge is 2.23. The van der Waals surface area contributed by atoms with E-state index in [1.165, 1.54) is 29.7 Å². The second-order valence-electron chi connectivity index (χ2n) is 6.45. The van der Waals surface area contributed by atoms with Gasteiger partial charge >= 0.3 is 0 Å². The molecular weight excluding hydrogens is 318 g/mol. The van der Waals surface area contributed by atoms with Crippen LogP contribution in [0.25, 0.3) is 0 Å². The summed E-state index contributed by atoms with van der Waals surface area (Å²) >= 11 is 1.51. The summed E-state index contributed by atoms with van der Waals surface area (Å²) in [7, 11) is 0. The molecule has 4 heteroatoms. The molecule has 1 aliphatic rings. The zero-order valence-corrected chi connectivity index (χ0v) is 15.3. The molecule has 1 aliphatic heterocycles. The molecule has 0 bridgehead atoms. The van der Waals surface area contributed by atoms with E-state index in [1.807, 2.05) is 30.5 Å². The molecule has 1 aromatic heterocycles. The average Bonchev–Trinajstić information content (AvgIpc) is 3.25. The van der Waals surface area contributed by atoms with Gasteiger partial charge in [-0.3, -0.25) is 9.69 Å². The summed E-state index contributed by atoms with van der Waals surface area (Å²) in [5, 5.41) is 2.03. The lowest BCUT2D eigenvalue weighted by Gasteiger charge is -2.25. The lowest BCUT2D eigenvalue weighted by atomic mass is 10.1. The fourth-order valence-electron chi connectivity index (χ4n) is 3.14. The minimum atomic E-state index is 0.0291. The minimum absolute atomic E-state index is 0.0291. The first-order chi connectivity index (χ1) is 11.6. The van der Waals surface area contributed by atoms with Gasteiger partial charge in [0.1, 0.15) is 16.9 Å². The normalized spacial score (nSPS) is 16.2. The molecule has 0 radical (unpaired) electrons. The highest BCUT2D eigenvalue weighted by molar-refractivity contribution is 7.12. The summed E-state index contributed by atoms with van der Waals surface area (Å²) in [6.45, 7) is 6.28. The molecule has 0 saturated carbocycles. The van der Waals surface area contributed by atoms with Crippen molar-refractivity contribution in [2.45, 2.75) is 45.8 Å². The molecule has 2 aromatic rings. The number of thiophene rings is 1. The van der Waals surface area contributed by atoms with Gasteiger partial charge in [-0.15, -0.1) is 11.3 Å². The Kier molecular flexibility index (Phi) is 5.69. The number of rotatable bonds is 7. The first-order valence-corrected chi connectivity index (χ1v) is 9.59. The monoisotopic (exact) mass is 343 g/mol. The van der Waals surface area contributed by atoms with Gasteiger partial charge in [-0.2, -0.15) is 0 Å². The van der Waals surface area contributed by atoms with Gasteiger partial charge in [-0.05, 0) is 44.1 Å². The van der Waals surface area contributed by atoms with Gasteiger partial charge in [0, 0.05) is 25.1 Å². The lowest BCUT2D eigenvalue weighted by molar-refractivity contribution is 0.0578. The number of carbonyl (C=O) groups excluding carboxylic acids is 1. The third-order valence-electron chi connectivity index (χ3n) is 4.60. The Hall–Kier alpha value is -1.65. The number of likely N-dealkylation sites (tertiary alicyclic amines) is 1. The number of aryl methyl sites for hydroxylation is 2. The number of nitrogens with zero attached hydrogens (tertiary/aromatic N) is 1. The van der Waals surface area contributed by atoms with Crippen molar-refractivity contribution in [2.75, 3.05) is 13.1 Å². The largest absolute Gasteiger partial charge is 0.473 e. The minimum Gasteiger partial charge on any atom is -0.473 e. The molecule has 128 valence electrons. The summed E-state index contributed by atoms with van der Waals surface area (Å²) in [4.78, 5) is 15.8. The van der Waals surface area contributed by atoms with Crippen LogP contribution in [0.5, 0.6) is 5.75 Å². The maximum absolute atomic E-state index is 12.7. The van der Waals surface area contributed by atoms with Crippen LogP contribution in [0.15, 0.2) is 35.7 Å². The molecular formula is C20H25NO2S. The highest BCUT2D eigenvalue weighted by atomic mass is 32.1. The van der Waals surface area contributed by atoms with E-state index in [0.717, 1.165) is 35.7 Å². The predicted octanol–water partition coefficient (Wildman–Crippen LogP) is 4.69. The Morgan fingerprint density at radius 2 is 1.96 bits per heavy atom. The molecule has 0 N–H and O–H groups in total. The van der Waals surface area contributed by atoms with Crippen molar-refractivity contribution in [2.24, 2.45) is 0 Å². The zero-order chi connectivity index (χ0) is 16.9. The lowest BCUT2D eigenvalue weighted by Crippen LogP contribution is -2.35. The van der Waals surface area contributed by atoms with Crippen molar-refractivity contribution in [3.05, 3.63) is 51.7 Å². The maximum atomic E-state index is 12.7. The number of Topliss-reactive ketones (excluding diaryl/α,β-unsaturated/α-hetero) is 1. The Labute approximate surface area is 148 Å². The van der Waals surface area contributed by atoms with Crippen LogP contribution in [0.2, 0.25) is 0 Å². The summed E-state index contributed by atoms with van der Waals surface area (Å²) < 4.78 is 6.19. The number of carbonyl (C=O) groups is 1. The molecule has 3 rings (SSSR count).